The smallest absolute Gasteiger partial charge is 0.221 e. The van der Waals surface area contributed by atoms with Crippen LogP contribution in [0.5, 0.6) is 0 Å². The van der Waals surface area contributed by atoms with Crippen LogP contribution in [-0.4, -0.2) is 56.6 Å². The fourth-order valence-corrected chi connectivity index (χ4v) is 5.44. The van der Waals surface area contributed by atoms with Crippen molar-refractivity contribution >= 4 is 17.3 Å². The summed E-state index contributed by atoms with van der Waals surface area (Å²) in [5.74, 6) is 0.529. The third kappa shape index (κ3) is 3.91. The van der Waals surface area contributed by atoms with Crippen molar-refractivity contribution in [1.82, 2.24) is 10.2 Å². The van der Waals surface area contributed by atoms with Crippen LogP contribution in [0.15, 0.2) is 54.8 Å². The first-order valence-corrected chi connectivity index (χ1v) is 11.1. The number of para-hydroxylation sites is 1. The number of benzene rings is 1. The molecule has 2 atom stereocenters. The maximum atomic E-state index is 11.4. The zero-order chi connectivity index (χ0) is 21.3. The number of hydrogen-bond donors (Lipinski definition) is 1. The Hall–Kier alpha value is -2.53. The zero-order valence-corrected chi connectivity index (χ0v) is 18.4. The predicted octanol–water partition coefficient (Wildman–Crippen LogP) is 3.66. The van der Waals surface area contributed by atoms with Gasteiger partial charge in [0.05, 0.1) is 11.4 Å². The summed E-state index contributed by atoms with van der Waals surface area (Å²) < 4.78 is 0. The maximum absolute atomic E-state index is 11.4. The highest BCUT2D eigenvalue weighted by atomic mass is 16.1. The van der Waals surface area contributed by atoms with Gasteiger partial charge >= 0.3 is 0 Å². The third-order valence-electron chi connectivity index (χ3n) is 6.83. The second kappa shape index (κ2) is 8.68. The van der Waals surface area contributed by atoms with Crippen molar-refractivity contribution in [1.29, 1.82) is 0 Å². The standard InChI is InChI=1S/C25H34N4O/c1-5-8-20(18(2)26-19(3)30)9-7-13-28-14-12-23-22(17-28)21-10-6-11-24-25(21)29(23)16-15-27(24)4/h5-6,8,10-11,22-23H,1-2,7,9,12-17H2,3-4H3,(H,26,30)/b20-8-. The first-order chi connectivity index (χ1) is 14.5. The summed E-state index contributed by atoms with van der Waals surface area (Å²) in [6, 6.07) is 7.51. The molecule has 0 bridgehead atoms. The number of allylic oxidation sites excluding steroid dienone is 3. The average molecular weight is 407 g/mol. The molecule has 0 radical (unpaired) electrons. The number of anilines is 2. The van der Waals surface area contributed by atoms with Crippen molar-refractivity contribution < 1.29 is 4.79 Å². The van der Waals surface area contributed by atoms with Crippen molar-refractivity contribution in [2.45, 2.75) is 38.1 Å². The van der Waals surface area contributed by atoms with Gasteiger partial charge < -0.3 is 20.0 Å². The van der Waals surface area contributed by atoms with Gasteiger partial charge in [-0.05, 0) is 43.0 Å². The average Bonchev–Trinajstić information content (AvgIpc) is 3.04. The Morgan fingerprint density at radius 2 is 2.13 bits per heavy atom. The van der Waals surface area contributed by atoms with Gasteiger partial charge in [-0.2, -0.15) is 0 Å². The number of likely N-dealkylation sites (N-methyl/N-ethyl adjacent to an activating group) is 1. The number of nitrogens with one attached hydrogen (secondary N) is 1. The molecule has 1 aromatic rings. The van der Waals surface area contributed by atoms with E-state index in [9.17, 15) is 4.79 Å². The van der Waals surface area contributed by atoms with Gasteiger partial charge in [0.2, 0.25) is 5.91 Å². The largest absolute Gasteiger partial charge is 0.371 e. The molecule has 2 unspecified atom stereocenters. The van der Waals surface area contributed by atoms with Gasteiger partial charge in [-0.3, -0.25) is 4.79 Å². The molecule has 160 valence electrons. The van der Waals surface area contributed by atoms with E-state index in [0.29, 0.717) is 17.7 Å². The number of piperidine rings is 1. The van der Waals surface area contributed by atoms with Crippen LogP contribution in [0.3, 0.4) is 0 Å². The number of fused-ring (bicyclic) bond motifs is 3. The summed E-state index contributed by atoms with van der Waals surface area (Å²) in [5, 5.41) is 2.81. The number of nitrogens with zero attached hydrogens (tertiary/aromatic N) is 3. The minimum Gasteiger partial charge on any atom is -0.371 e. The maximum Gasteiger partial charge on any atom is 0.221 e. The molecule has 1 saturated heterocycles. The molecular weight excluding hydrogens is 372 g/mol. The Balaban J connectivity index is 1.39. The quantitative estimate of drug-likeness (QED) is 0.702. The van der Waals surface area contributed by atoms with Gasteiger partial charge in [0.1, 0.15) is 0 Å². The van der Waals surface area contributed by atoms with E-state index in [-0.39, 0.29) is 5.91 Å². The number of carbonyl (C=O) groups excluding carboxylic acids is 1. The van der Waals surface area contributed by atoms with Gasteiger partial charge in [0, 0.05) is 57.8 Å². The molecule has 30 heavy (non-hydrogen) atoms. The molecular formula is C25H34N4O. The van der Waals surface area contributed by atoms with E-state index in [1.54, 1.807) is 11.6 Å². The zero-order valence-electron chi connectivity index (χ0n) is 18.4. The van der Waals surface area contributed by atoms with E-state index < -0.39 is 0 Å². The molecule has 1 aromatic carbocycles. The number of amides is 1. The highest BCUT2D eigenvalue weighted by molar-refractivity contribution is 5.80. The summed E-state index contributed by atoms with van der Waals surface area (Å²) in [6.07, 6.45) is 6.91. The molecule has 5 heteroatoms. The summed E-state index contributed by atoms with van der Waals surface area (Å²) >= 11 is 0. The molecule has 1 N–H and O–H groups in total. The van der Waals surface area contributed by atoms with Gasteiger partial charge in [-0.25, -0.2) is 0 Å². The molecule has 1 fully saturated rings. The van der Waals surface area contributed by atoms with Gasteiger partial charge in [-0.15, -0.1) is 0 Å². The minimum absolute atomic E-state index is 0.0798. The molecule has 1 amide bonds. The van der Waals surface area contributed by atoms with Crippen LogP contribution in [-0.2, 0) is 4.79 Å². The highest BCUT2D eigenvalue weighted by Gasteiger charge is 2.44. The van der Waals surface area contributed by atoms with Crippen molar-refractivity contribution in [3.63, 3.8) is 0 Å². The molecule has 0 aromatic heterocycles. The SMILES string of the molecule is C=C/C=C(/CCCN1CCC2C(C1)c1cccc3c1N2CCN3C)C(=C)NC(C)=O. The summed E-state index contributed by atoms with van der Waals surface area (Å²) in [5.41, 5.74) is 6.18. The predicted molar refractivity (Wildman–Crippen MR) is 125 cm³/mol. The van der Waals surface area contributed by atoms with E-state index in [4.69, 9.17) is 0 Å². The van der Waals surface area contributed by atoms with Crippen molar-refractivity contribution in [2.24, 2.45) is 0 Å². The molecule has 0 saturated carbocycles. The van der Waals surface area contributed by atoms with Crippen molar-refractivity contribution in [3.05, 3.63) is 60.3 Å². The van der Waals surface area contributed by atoms with E-state index in [1.807, 2.05) is 6.08 Å². The molecule has 5 nitrogen and oxygen atoms in total. The van der Waals surface area contributed by atoms with Crippen LogP contribution < -0.4 is 15.1 Å². The molecule has 4 rings (SSSR count). The van der Waals surface area contributed by atoms with E-state index in [2.05, 4.69) is 58.4 Å². The molecule has 0 spiro atoms. The Bertz CT molecular complexity index is 874. The Kier molecular flexibility index (Phi) is 6.00. The number of carbonyl (C=O) groups is 1. The highest BCUT2D eigenvalue weighted by Crippen LogP contribution is 2.50. The first kappa shape index (κ1) is 20.7. The Morgan fingerprint density at radius 3 is 2.90 bits per heavy atom. The lowest BCUT2D eigenvalue weighted by molar-refractivity contribution is -0.118. The molecule has 3 aliphatic heterocycles. The summed E-state index contributed by atoms with van der Waals surface area (Å²) in [7, 11) is 2.21. The Morgan fingerprint density at radius 1 is 1.30 bits per heavy atom. The molecule has 3 aliphatic rings. The fourth-order valence-electron chi connectivity index (χ4n) is 5.44. The summed E-state index contributed by atoms with van der Waals surface area (Å²) in [4.78, 5) is 19.1. The van der Waals surface area contributed by atoms with Crippen LogP contribution in [0, 0.1) is 0 Å². The van der Waals surface area contributed by atoms with Crippen molar-refractivity contribution in [2.75, 3.05) is 49.6 Å². The van der Waals surface area contributed by atoms with E-state index in [1.165, 1.54) is 24.7 Å². The van der Waals surface area contributed by atoms with Crippen LogP contribution >= 0.6 is 0 Å². The van der Waals surface area contributed by atoms with Crippen LogP contribution in [0.4, 0.5) is 11.4 Å². The topological polar surface area (TPSA) is 38.8 Å². The lowest BCUT2D eigenvalue weighted by Crippen LogP contribution is -2.49. The second-order valence-electron chi connectivity index (χ2n) is 8.78. The van der Waals surface area contributed by atoms with E-state index in [0.717, 1.165) is 51.1 Å². The lowest BCUT2D eigenvalue weighted by atomic mass is 9.89. The van der Waals surface area contributed by atoms with Gasteiger partial charge in [0.25, 0.3) is 0 Å². The number of likely N-dealkylation sites (tertiary alicyclic amines) is 1. The summed E-state index contributed by atoms with van der Waals surface area (Å²) in [6.45, 7) is 14.9. The monoisotopic (exact) mass is 406 g/mol. The molecule has 3 heterocycles. The number of rotatable bonds is 7. The lowest BCUT2D eigenvalue weighted by Gasteiger charge is -2.41. The minimum atomic E-state index is -0.0798. The Labute approximate surface area is 180 Å². The normalized spacial score (nSPS) is 23.1. The van der Waals surface area contributed by atoms with Gasteiger partial charge in [-0.1, -0.05) is 37.4 Å². The van der Waals surface area contributed by atoms with Crippen molar-refractivity contribution in [3.8, 4) is 0 Å². The van der Waals surface area contributed by atoms with Crippen LogP contribution in [0.2, 0.25) is 0 Å². The third-order valence-corrected chi connectivity index (χ3v) is 6.83. The van der Waals surface area contributed by atoms with E-state index >= 15 is 0 Å². The fraction of sp³-hybridized carbons (Fsp3) is 0.480. The van der Waals surface area contributed by atoms with Gasteiger partial charge in [0.15, 0.2) is 0 Å². The number of hydrogen-bond acceptors (Lipinski definition) is 4. The van der Waals surface area contributed by atoms with Crippen LogP contribution in [0.25, 0.3) is 0 Å². The first-order valence-electron chi connectivity index (χ1n) is 11.1. The van der Waals surface area contributed by atoms with Crippen LogP contribution in [0.1, 0.15) is 37.7 Å². The second-order valence-corrected chi connectivity index (χ2v) is 8.78. The molecule has 0 aliphatic carbocycles.